The Bertz CT molecular complexity index is 956. The van der Waals surface area contributed by atoms with E-state index < -0.39 is 0 Å². The summed E-state index contributed by atoms with van der Waals surface area (Å²) in [6.45, 7) is 7.65. The third kappa shape index (κ3) is 4.61. The fourth-order valence-corrected chi connectivity index (χ4v) is 3.28. The molecule has 0 spiro atoms. The Balaban J connectivity index is 1.72. The van der Waals surface area contributed by atoms with Crippen molar-refractivity contribution in [1.82, 2.24) is 9.88 Å². The Hall–Kier alpha value is -2.63. The number of hydrogen-bond acceptors (Lipinski definition) is 5. The first-order valence-electron chi connectivity index (χ1n) is 9.38. The van der Waals surface area contributed by atoms with Gasteiger partial charge in [0.2, 0.25) is 0 Å². The van der Waals surface area contributed by atoms with Crippen LogP contribution in [0.4, 0.5) is 11.4 Å². The van der Waals surface area contributed by atoms with Gasteiger partial charge < -0.3 is 10.1 Å². The van der Waals surface area contributed by atoms with Crippen molar-refractivity contribution < 1.29 is 9.53 Å². The van der Waals surface area contributed by atoms with E-state index in [9.17, 15) is 4.79 Å². The van der Waals surface area contributed by atoms with Crippen molar-refractivity contribution in [2.24, 2.45) is 0 Å². The molecule has 6 heteroatoms. The predicted octanol–water partition coefficient (Wildman–Crippen LogP) is 5.48. The van der Waals surface area contributed by atoms with Crippen molar-refractivity contribution in [3.05, 3.63) is 65.3 Å². The Kier molecular flexibility index (Phi) is 6.49. The zero-order valence-electron chi connectivity index (χ0n) is 16.3. The maximum Gasteiger partial charge on any atom is 0.339 e. The number of pyridine rings is 1. The van der Waals surface area contributed by atoms with E-state index in [0.717, 1.165) is 35.4 Å². The Labute approximate surface area is 170 Å². The van der Waals surface area contributed by atoms with Gasteiger partial charge >= 0.3 is 5.97 Å². The highest BCUT2D eigenvalue weighted by molar-refractivity contribution is 6.31. The number of benzene rings is 2. The number of carbonyl (C=O) groups is 1. The highest BCUT2D eigenvalue weighted by atomic mass is 35.5. The summed E-state index contributed by atoms with van der Waals surface area (Å²) in [7, 11) is 0. The number of fused-ring (bicyclic) bond motifs is 1. The van der Waals surface area contributed by atoms with Gasteiger partial charge in [0, 0.05) is 28.0 Å². The molecular weight excluding hydrogens is 374 g/mol. The molecule has 0 radical (unpaired) electrons. The molecule has 0 bridgehead atoms. The molecule has 1 heterocycles. The monoisotopic (exact) mass is 397 g/mol. The van der Waals surface area contributed by atoms with E-state index in [-0.39, 0.29) is 12.2 Å². The molecule has 5 nitrogen and oxygen atoms in total. The number of aromatic nitrogens is 1. The average Bonchev–Trinajstić information content (AvgIpc) is 2.69. The average molecular weight is 398 g/mol. The van der Waals surface area contributed by atoms with Crippen LogP contribution in [0.1, 0.15) is 31.1 Å². The van der Waals surface area contributed by atoms with E-state index in [1.165, 1.54) is 0 Å². The molecule has 1 unspecified atom stereocenters. The third-order valence-electron chi connectivity index (χ3n) is 4.71. The van der Waals surface area contributed by atoms with Gasteiger partial charge in [0.05, 0.1) is 11.1 Å². The van der Waals surface area contributed by atoms with Crippen LogP contribution in [0, 0.1) is 0 Å². The minimum absolute atomic E-state index is 0.254. The van der Waals surface area contributed by atoms with Crippen molar-refractivity contribution in [3.8, 4) is 0 Å². The summed E-state index contributed by atoms with van der Waals surface area (Å²) < 4.78 is 5.55. The molecule has 0 saturated heterocycles. The van der Waals surface area contributed by atoms with E-state index >= 15 is 0 Å². The first kappa shape index (κ1) is 20.1. The first-order valence-corrected chi connectivity index (χ1v) is 9.76. The predicted molar refractivity (Wildman–Crippen MR) is 114 cm³/mol. The molecule has 1 aromatic heterocycles. The SMILES string of the molecule is CCN(CC)C(C)OC(=O)c1ccc(Nc2ccnc3cc(Cl)ccc23)cc1. The standard InChI is InChI=1S/C22H24ClN3O2/c1-4-26(5-2)15(3)28-22(27)16-6-9-18(10-7-16)25-20-12-13-24-21-14-17(23)8-11-19(20)21/h6-15H,4-5H2,1-3H3,(H,24,25). The molecular formula is C22H24ClN3O2. The van der Waals surface area contributed by atoms with Crippen molar-refractivity contribution in [1.29, 1.82) is 0 Å². The van der Waals surface area contributed by atoms with Crippen molar-refractivity contribution in [2.75, 3.05) is 18.4 Å². The fourth-order valence-electron chi connectivity index (χ4n) is 3.11. The van der Waals surface area contributed by atoms with E-state index in [1.54, 1.807) is 18.3 Å². The van der Waals surface area contributed by atoms with Crippen LogP contribution in [-0.4, -0.2) is 35.2 Å². The van der Waals surface area contributed by atoms with Crippen LogP contribution in [0.5, 0.6) is 0 Å². The molecule has 0 saturated carbocycles. The quantitative estimate of drug-likeness (QED) is 0.422. The van der Waals surface area contributed by atoms with Crippen LogP contribution >= 0.6 is 11.6 Å². The van der Waals surface area contributed by atoms with Crippen molar-refractivity contribution in [2.45, 2.75) is 27.0 Å². The van der Waals surface area contributed by atoms with Gasteiger partial charge in [0.25, 0.3) is 0 Å². The summed E-state index contributed by atoms with van der Waals surface area (Å²) in [4.78, 5) is 18.8. The summed E-state index contributed by atoms with van der Waals surface area (Å²) in [5.74, 6) is -0.324. The highest BCUT2D eigenvalue weighted by Gasteiger charge is 2.16. The Morgan fingerprint density at radius 2 is 1.86 bits per heavy atom. The molecule has 3 aromatic rings. The second-order valence-corrected chi connectivity index (χ2v) is 6.88. The van der Waals surface area contributed by atoms with Gasteiger partial charge in [0.15, 0.2) is 6.23 Å². The lowest BCUT2D eigenvalue weighted by molar-refractivity contribution is -0.0196. The highest BCUT2D eigenvalue weighted by Crippen LogP contribution is 2.27. The summed E-state index contributed by atoms with van der Waals surface area (Å²) in [5.41, 5.74) is 3.14. The minimum Gasteiger partial charge on any atom is -0.443 e. The van der Waals surface area contributed by atoms with Crippen LogP contribution in [0.25, 0.3) is 10.9 Å². The number of rotatable bonds is 7. The maximum absolute atomic E-state index is 12.4. The number of halogens is 1. The molecule has 0 amide bonds. The number of hydrogen-bond donors (Lipinski definition) is 1. The number of carbonyl (C=O) groups excluding carboxylic acids is 1. The molecule has 3 rings (SSSR count). The van der Waals surface area contributed by atoms with Crippen molar-refractivity contribution >= 4 is 39.8 Å². The zero-order chi connectivity index (χ0) is 20.1. The topological polar surface area (TPSA) is 54.5 Å². The van der Waals surface area contributed by atoms with Crippen LogP contribution < -0.4 is 5.32 Å². The van der Waals surface area contributed by atoms with Crippen LogP contribution in [0.2, 0.25) is 5.02 Å². The number of ether oxygens (including phenoxy) is 1. The summed E-state index contributed by atoms with van der Waals surface area (Å²) in [5, 5.41) is 4.99. The number of nitrogens with zero attached hydrogens (tertiary/aromatic N) is 2. The summed E-state index contributed by atoms with van der Waals surface area (Å²) >= 11 is 6.04. The smallest absolute Gasteiger partial charge is 0.339 e. The third-order valence-corrected chi connectivity index (χ3v) is 4.94. The minimum atomic E-state index is -0.324. The second kappa shape index (κ2) is 9.04. The van der Waals surface area contributed by atoms with Gasteiger partial charge in [-0.1, -0.05) is 25.4 Å². The molecule has 0 aliphatic rings. The molecule has 0 aliphatic heterocycles. The molecule has 146 valence electrons. The van der Waals surface area contributed by atoms with Gasteiger partial charge in [-0.05, 0) is 68.5 Å². The number of nitrogens with one attached hydrogen (secondary N) is 1. The zero-order valence-corrected chi connectivity index (χ0v) is 17.0. The summed E-state index contributed by atoms with van der Waals surface area (Å²) in [6.07, 6.45) is 1.48. The van der Waals surface area contributed by atoms with E-state index in [4.69, 9.17) is 16.3 Å². The van der Waals surface area contributed by atoms with Gasteiger partial charge in [-0.15, -0.1) is 0 Å². The second-order valence-electron chi connectivity index (χ2n) is 6.45. The lowest BCUT2D eigenvalue weighted by Gasteiger charge is -2.25. The normalized spacial score (nSPS) is 12.2. The summed E-state index contributed by atoms with van der Waals surface area (Å²) in [6, 6.07) is 14.8. The van der Waals surface area contributed by atoms with Gasteiger partial charge in [-0.2, -0.15) is 0 Å². The fraction of sp³-hybridized carbons (Fsp3) is 0.273. The molecule has 0 aliphatic carbocycles. The molecule has 1 atom stereocenters. The van der Waals surface area contributed by atoms with Crippen molar-refractivity contribution in [3.63, 3.8) is 0 Å². The lowest BCUT2D eigenvalue weighted by atomic mass is 10.1. The largest absolute Gasteiger partial charge is 0.443 e. The lowest BCUT2D eigenvalue weighted by Crippen LogP contribution is -2.36. The van der Waals surface area contributed by atoms with E-state index in [2.05, 4.69) is 15.2 Å². The Morgan fingerprint density at radius 1 is 1.14 bits per heavy atom. The van der Waals surface area contributed by atoms with Crippen LogP contribution in [-0.2, 0) is 4.74 Å². The number of esters is 1. The molecule has 1 N–H and O–H groups in total. The maximum atomic E-state index is 12.4. The molecule has 28 heavy (non-hydrogen) atoms. The van der Waals surface area contributed by atoms with Gasteiger partial charge in [0.1, 0.15) is 0 Å². The molecule has 2 aromatic carbocycles. The first-order chi connectivity index (χ1) is 13.5. The van der Waals surface area contributed by atoms with Crippen LogP contribution in [0.15, 0.2) is 54.7 Å². The van der Waals surface area contributed by atoms with Gasteiger partial charge in [-0.25, -0.2) is 4.79 Å². The van der Waals surface area contributed by atoms with E-state index in [0.29, 0.717) is 10.6 Å². The van der Waals surface area contributed by atoms with Gasteiger partial charge in [-0.3, -0.25) is 9.88 Å². The molecule has 0 fully saturated rings. The number of anilines is 2. The van der Waals surface area contributed by atoms with E-state index in [1.807, 2.05) is 57.2 Å². The Morgan fingerprint density at radius 3 is 2.54 bits per heavy atom. The van der Waals surface area contributed by atoms with Crippen LogP contribution in [0.3, 0.4) is 0 Å².